The number of rotatable bonds is 6. The number of aromatic nitrogens is 2. The van der Waals surface area contributed by atoms with Gasteiger partial charge in [-0.25, -0.2) is 4.98 Å². The molecule has 2 aromatic rings. The molecule has 1 heterocycles. The molecule has 0 saturated heterocycles. The highest BCUT2D eigenvalue weighted by Crippen LogP contribution is 2.30. The van der Waals surface area contributed by atoms with E-state index in [-0.39, 0.29) is 22.5 Å². The molecule has 0 spiro atoms. The predicted molar refractivity (Wildman–Crippen MR) is 96.4 cm³/mol. The summed E-state index contributed by atoms with van der Waals surface area (Å²) in [5.74, 6) is 0.319. The number of phenols is 1. The molecule has 25 heavy (non-hydrogen) atoms. The van der Waals surface area contributed by atoms with Crippen LogP contribution in [0.2, 0.25) is 0 Å². The first-order chi connectivity index (χ1) is 11.7. The van der Waals surface area contributed by atoms with Crippen molar-refractivity contribution >= 4 is 23.4 Å². The zero-order valence-electron chi connectivity index (χ0n) is 14.8. The van der Waals surface area contributed by atoms with E-state index < -0.39 is 5.91 Å². The fourth-order valence-corrected chi connectivity index (χ4v) is 1.98. The van der Waals surface area contributed by atoms with Gasteiger partial charge in [-0.1, -0.05) is 20.8 Å². The van der Waals surface area contributed by atoms with E-state index in [4.69, 9.17) is 10.5 Å². The number of hydrogen-bond donors (Lipinski definition) is 4. The summed E-state index contributed by atoms with van der Waals surface area (Å²) in [4.78, 5) is 20.1. The second-order valence-electron chi connectivity index (χ2n) is 6.75. The van der Waals surface area contributed by atoms with Gasteiger partial charge < -0.3 is 26.2 Å². The van der Waals surface area contributed by atoms with Gasteiger partial charge in [-0.15, -0.1) is 0 Å². The molecule has 2 rings (SSSR count). The van der Waals surface area contributed by atoms with Gasteiger partial charge in [0.05, 0.1) is 7.11 Å². The Morgan fingerprint density at radius 1 is 1.36 bits per heavy atom. The number of methoxy groups -OCH3 is 1. The monoisotopic (exact) mass is 345 g/mol. The Bertz CT molecular complexity index is 771. The van der Waals surface area contributed by atoms with Crippen LogP contribution in [0.3, 0.4) is 0 Å². The number of primary amides is 1. The van der Waals surface area contributed by atoms with Crippen LogP contribution in [-0.2, 0) is 0 Å². The maximum absolute atomic E-state index is 11.6. The molecule has 0 aliphatic heterocycles. The van der Waals surface area contributed by atoms with Crippen molar-refractivity contribution < 1.29 is 14.6 Å². The summed E-state index contributed by atoms with van der Waals surface area (Å²) in [6.07, 6.45) is 1.38. The Kier molecular flexibility index (Phi) is 5.31. The summed E-state index contributed by atoms with van der Waals surface area (Å²) in [5, 5.41) is 15.8. The molecule has 134 valence electrons. The van der Waals surface area contributed by atoms with Crippen molar-refractivity contribution in [3.05, 3.63) is 30.0 Å². The van der Waals surface area contributed by atoms with Crippen LogP contribution < -0.4 is 21.1 Å². The average molecular weight is 345 g/mol. The predicted octanol–water partition coefficient (Wildman–Crippen LogP) is 2.49. The first-order valence-corrected chi connectivity index (χ1v) is 7.74. The van der Waals surface area contributed by atoms with Crippen LogP contribution >= 0.6 is 0 Å². The van der Waals surface area contributed by atoms with Crippen molar-refractivity contribution in [2.24, 2.45) is 11.1 Å². The molecule has 0 bridgehead atoms. The summed E-state index contributed by atoms with van der Waals surface area (Å²) in [5.41, 5.74) is 6.18. The Morgan fingerprint density at radius 2 is 2.08 bits per heavy atom. The molecule has 5 N–H and O–H groups in total. The van der Waals surface area contributed by atoms with Crippen LogP contribution in [0.25, 0.3) is 0 Å². The van der Waals surface area contributed by atoms with E-state index in [1.807, 2.05) is 0 Å². The number of nitrogens with two attached hydrogens (primary N) is 1. The fourth-order valence-electron chi connectivity index (χ4n) is 1.98. The van der Waals surface area contributed by atoms with E-state index >= 15 is 0 Å². The largest absolute Gasteiger partial charge is 0.504 e. The molecule has 0 fully saturated rings. The lowest BCUT2D eigenvalue weighted by Gasteiger charge is -2.19. The molecule has 0 saturated carbocycles. The SMILES string of the molecule is COc1cc(Nc2nc(NCC(C)(C)C)ncc2C(N)=O)ccc1O. The van der Waals surface area contributed by atoms with Crippen molar-refractivity contribution in [3.63, 3.8) is 0 Å². The molecule has 8 nitrogen and oxygen atoms in total. The number of anilines is 3. The third kappa shape index (κ3) is 4.97. The summed E-state index contributed by atoms with van der Waals surface area (Å²) in [7, 11) is 1.45. The summed E-state index contributed by atoms with van der Waals surface area (Å²) >= 11 is 0. The highest BCUT2D eigenvalue weighted by Gasteiger charge is 2.15. The van der Waals surface area contributed by atoms with E-state index in [9.17, 15) is 9.90 Å². The van der Waals surface area contributed by atoms with Gasteiger partial charge in [0.25, 0.3) is 5.91 Å². The normalized spacial score (nSPS) is 11.0. The molecular weight excluding hydrogens is 322 g/mol. The van der Waals surface area contributed by atoms with Gasteiger partial charge >= 0.3 is 0 Å². The number of phenolic OH excluding ortho intramolecular Hbond substituents is 1. The number of aromatic hydroxyl groups is 1. The molecule has 0 unspecified atom stereocenters. The van der Waals surface area contributed by atoms with Crippen molar-refractivity contribution in [1.82, 2.24) is 9.97 Å². The molecule has 1 aromatic heterocycles. The summed E-state index contributed by atoms with van der Waals surface area (Å²) in [6, 6.07) is 4.70. The zero-order chi connectivity index (χ0) is 18.6. The molecule has 1 aromatic carbocycles. The highest BCUT2D eigenvalue weighted by atomic mass is 16.5. The first kappa shape index (κ1) is 18.3. The molecule has 1 amide bonds. The van der Waals surface area contributed by atoms with Gasteiger partial charge in [-0.3, -0.25) is 4.79 Å². The second-order valence-corrected chi connectivity index (χ2v) is 6.75. The number of carbonyl (C=O) groups excluding carboxylic acids is 1. The minimum absolute atomic E-state index is 0.0124. The topological polar surface area (TPSA) is 122 Å². The number of nitrogens with zero attached hydrogens (tertiary/aromatic N) is 2. The Hall–Kier alpha value is -3.03. The van der Waals surface area contributed by atoms with E-state index in [0.717, 1.165) is 0 Å². The maximum atomic E-state index is 11.6. The van der Waals surface area contributed by atoms with Crippen LogP contribution in [0.1, 0.15) is 31.1 Å². The zero-order valence-corrected chi connectivity index (χ0v) is 14.8. The number of benzene rings is 1. The van der Waals surface area contributed by atoms with E-state index in [1.54, 1.807) is 12.1 Å². The fraction of sp³-hybridized carbons (Fsp3) is 0.353. The summed E-state index contributed by atoms with van der Waals surface area (Å²) in [6.45, 7) is 6.91. The van der Waals surface area contributed by atoms with Crippen LogP contribution in [0, 0.1) is 5.41 Å². The third-order valence-electron chi connectivity index (χ3n) is 3.27. The highest BCUT2D eigenvalue weighted by molar-refractivity contribution is 5.98. The summed E-state index contributed by atoms with van der Waals surface area (Å²) < 4.78 is 5.07. The molecule has 0 aliphatic carbocycles. The third-order valence-corrected chi connectivity index (χ3v) is 3.27. The van der Waals surface area contributed by atoms with Crippen LogP contribution in [-0.4, -0.2) is 34.6 Å². The van der Waals surface area contributed by atoms with Crippen LogP contribution in [0.5, 0.6) is 11.5 Å². The molecule has 0 atom stereocenters. The van der Waals surface area contributed by atoms with Gasteiger partial charge in [0.1, 0.15) is 11.4 Å². The van der Waals surface area contributed by atoms with E-state index in [2.05, 4.69) is 41.4 Å². The van der Waals surface area contributed by atoms with Crippen LogP contribution in [0.15, 0.2) is 24.4 Å². The van der Waals surface area contributed by atoms with Crippen LogP contribution in [0.4, 0.5) is 17.5 Å². The van der Waals surface area contributed by atoms with Gasteiger partial charge in [0.2, 0.25) is 5.95 Å². The Balaban J connectivity index is 2.32. The maximum Gasteiger partial charge on any atom is 0.254 e. The minimum atomic E-state index is -0.643. The Labute approximate surface area is 146 Å². The standard InChI is InChI=1S/C17H23N5O3/c1-17(2,3)9-20-16-19-8-11(14(18)24)15(22-16)21-10-5-6-12(23)13(7-10)25-4/h5-8,23H,9H2,1-4H3,(H2,18,24)(H2,19,20,21,22). The molecular formula is C17H23N5O3. The molecule has 0 aliphatic rings. The second kappa shape index (κ2) is 7.25. The smallest absolute Gasteiger partial charge is 0.254 e. The first-order valence-electron chi connectivity index (χ1n) is 7.74. The number of hydrogen-bond acceptors (Lipinski definition) is 7. The van der Waals surface area contributed by atoms with Crippen molar-refractivity contribution in [1.29, 1.82) is 0 Å². The van der Waals surface area contributed by atoms with Crippen molar-refractivity contribution in [3.8, 4) is 11.5 Å². The molecule has 0 radical (unpaired) electrons. The quantitative estimate of drug-likeness (QED) is 0.593. The van der Waals surface area contributed by atoms with E-state index in [0.29, 0.717) is 23.9 Å². The van der Waals surface area contributed by atoms with Crippen molar-refractivity contribution in [2.75, 3.05) is 24.3 Å². The van der Waals surface area contributed by atoms with Gasteiger partial charge in [-0.05, 0) is 17.5 Å². The minimum Gasteiger partial charge on any atom is -0.504 e. The lowest BCUT2D eigenvalue weighted by atomic mass is 9.97. The number of ether oxygens (including phenoxy) is 1. The van der Waals surface area contributed by atoms with Crippen molar-refractivity contribution in [2.45, 2.75) is 20.8 Å². The van der Waals surface area contributed by atoms with Gasteiger partial charge in [0, 0.05) is 24.5 Å². The molecule has 8 heteroatoms. The average Bonchev–Trinajstić information content (AvgIpc) is 2.54. The Morgan fingerprint density at radius 3 is 2.68 bits per heavy atom. The number of nitrogens with one attached hydrogen (secondary N) is 2. The van der Waals surface area contributed by atoms with Gasteiger partial charge in [0.15, 0.2) is 11.5 Å². The number of carbonyl (C=O) groups is 1. The lowest BCUT2D eigenvalue weighted by Crippen LogP contribution is -2.21. The van der Waals surface area contributed by atoms with E-state index in [1.165, 1.54) is 19.4 Å². The lowest BCUT2D eigenvalue weighted by molar-refractivity contribution is 0.100. The number of amides is 1. The van der Waals surface area contributed by atoms with Gasteiger partial charge in [-0.2, -0.15) is 4.98 Å².